The summed E-state index contributed by atoms with van der Waals surface area (Å²) in [5.41, 5.74) is 2.74. The molecular formula is C13H15N3O4. The first kappa shape index (κ1) is 13.9. The van der Waals surface area contributed by atoms with Crippen molar-refractivity contribution in [3.05, 3.63) is 23.8 Å². The standard InChI is InChI=1S/C13H15N3O4/c1-20-11-6-8(2-5-10(11)17)7-14-16-13(19)12(18)15-9-3-4-9/h2,5-7,9,17H,3-4H2,1H3,(H,15,18)(H,16,19)/b14-7-. The number of benzene rings is 1. The highest BCUT2D eigenvalue weighted by Crippen LogP contribution is 2.25. The first-order valence-electron chi connectivity index (χ1n) is 6.11. The van der Waals surface area contributed by atoms with E-state index in [1.165, 1.54) is 19.4 Å². The van der Waals surface area contributed by atoms with Crippen molar-refractivity contribution in [1.82, 2.24) is 10.7 Å². The van der Waals surface area contributed by atoms with Crippen LogP contribution in [0.3, 0.4) is 0 Å². The topological polar surface area (TPSA) is 100 Å². The number of carbonyl (C=O) groups is 2. The highest BCUT2D eigenvalue weighted by molar-refractivity contribution is 6.35. The summed E-state index contributed by atoms with van der Waals surface area (Å²) >= 11 is 0. The Morgan fingerprint density at radius 1 is 1.40 bits per heavy atom. The number of amides is 2. The van der Waals surface area contributed by atoms with Crippen molar-refractivity contribution < 1.29 is 19.4 Å². The Bertz CT molecular complexity index is 553. The van der Waals surface area contributed by atoms with Crippen molar-refractivity contribution in [3.8, 4) is 11.5 Å². The fourth-order valence-corrected chi connectivity index (χ4v) is 1.47. The molecule has 20 heavy (non-hydrogen) atoms. The lowest BCUT2D eigenvalue weighted by Crippen LogP contribution is -2.38. The number of phenolic OH excluding ortho intramolecular Hbond substituents is 1. The molecule has 0 heterocycles. The SMILES string of the molecule is COc1cc(/C=N\NC(=O)C(=O)NC2CC2)ccc1O. The number of nitrogens with one attached hydrogen (secondary N) is 2. The number of nitrogens with zero attached hydrogens (tertiary/aromatic N) is 1. The smallest absolute Gasteiger partial charge is 0.329 e. The number of ether oxygens (including phenoxy) is 1. The van der Waals surface area contributed by atoms with Crippen LogP contribution in [0.15, 0.2) is 23.3 Å². The van der Waals surface area contributed by atoms with E-state index in [-0.39, 0.29) is 11.8 Å². The van der Waals surface area contributed by atoms with E-state index in [0.717, 1.165) is 12.8 Å². The van der Waals surface area contributed by atoms with Gasteiger partial charge in [0, 0.05) is 6.04 Å². The van der Waals surface area contributed by atoms with Gasteiger partial charge in [-0.2, -0.15) is 5.10 Å². The zero-order valence-electron chi connectivity index (χ0n) is 10.9. The van der Waals surface area contributed by atoms with Crippen LogP contribution in [0.1, 0.15) is 18.4 Å². The second kappa shape index (κ2) is 6.05. The van der Waals surface area contributed by atoms with E-state index >= 15 is 0 Å². The molecule has 1 aliphatic carbocycles. The average molecular weight is 277 g/mol. The summed E-state index contributed by atoms with van der Waals surface area (Å²) in [5, 5.41) is 15.6. The van der Waals surface area contributed by atoms with E-state index in [1.807, 2.05) is 0 Å². The van der Waals surface area contributed by atoms with Crippen molar-refractivity contribution in [2.24, 2.45) is 5.10 Å². The maximum absolute atomic E-state index is 11.4. The quantitative estimate of drug-likeness (QED) is 0.414. The van der Waals surface area contributed by atoms with Crippen LogP contribution in [0.2, 0.25) is 0 Å². The largest absolute Gasteiger partial charge is 0.504 e. The van der Waals surface area contributed by atoms with Crippen LogP contribution in [0.4, 0.5) is 0 Å². The monoisotopic (exact) mass is 277 g/mol. The van der Waals surface area contributed by atoms with Crippen LogP contribution in [0.5, 0.6) is 11.5 Å². The van der Waals surface area contributed by atoms with Gasteiger partial charge in [-0.3, -0.25) is 9.59 Å². The average Bonchev–Trinajstić information content (AvgIpc) is 3.24. The minimum absolute atomic E-state index is 0.0116. The summed E-state index contributed by atoms with van der Waals surface area (Å²) in [4.78, 5) is 22.7. The first-order valence-corrected chi connectivity index (χ1v) is 6.11. The highest BCUT2D eigenvalue weighted by atomic mass is 16.5. The van der Waals surface area contributed by atoms with Crippen molar-refractivity contribution in [2.75, 3.05) is 7.11 Å². The van der Waals surface area contributed by atoms with Crippen molar-refractivity contribution >= 4 is 18.0 Å². The van der Waals surface area contributed by atoms with Crippen LogP contribution in [-0.4, -0.2) is 36.3 Å². The third kappa shape index (κ3) is 3.71. The van der Waals surface area contributed by atoms with Gasteiger partial charge in [0.2, 0.25) is 0 Å². The second-order valence-electron chi connectivity index (χ2n) is 4.38. The van der Waals surface area contributed by atoms with Crippen LogP contribution >= 0.6 is 0 Å². The van der Waals surface area contributed by atoms with Crippen molar-refractivity contribution in [1.29, 1.82) is 0 Å². The van der Waals surface area contributed by atoms with Crippen LogP contribution in [0, 0.1) is 0 Å². The van der Waals surface area contributed by atoms with Crippen molar-refractivity contribution in [3.63, 3.8) is 0 Å². The van der Waals surface area contributed by atoms with E-state index in [9.17, 15) is 14.7 Å². The molecule has 0 bridgehead atoms. The van der Waals surface area contributed by atoms with E-state index in [0.29, 0.717) is 11.3 Å². The molecule has 0 saturated heterocycles. The molecule has 1 aromatic carbocycles. The molecule has 7 heteroatoms. The fraction of sp³-hybridized carbons (Fsp3) is 0.308. The molecule has 0 radical (unpaired) electrons. The van der Waals surface area contributed by atoms with Gasteiger partial charge in [0.15, 0.2) is 11.5 Å². The Morgan fingerprint density at radius 2 is 2.15 bits per heavy atom. The lowest BCUT2D eigenvalue weighted by molar-refractivity contribution is -0.139. The fourth-order valence-electron chi connectivity index (χ4n) is 1.47. The Hall–Kier alpha value is -2.57. The molecule has 2 amide bonds. The normalized spacial score (nSPS) is 14.1. The van der Waals surface area contributed by atoms with Gasteiger partial charge < -0.3 is 15.2 Å². The molecule has 0 aromatic heterocycles. The van der Waals surface area contributed by atoms with E-state index in [1.54, 1.807) is 12.1 Å². The summed E-state index contributed by atoms with van der Waals surface area (Å²) in [6.07, 6.45) is 3.18. The maximum Gasteiger partial charge on any atom is 0.329 e. The zero-order valence-corrected chi connectivity index (χ0v) is 10.9. The van der Waals surface area contributed by atoms with Crippen LogP contribution in [-0.2, 0) is 9.59 Å². The number of hydrogen-bond donors (Lipinski definition) is 3. The van der Waals surface area contributed by atoms with Gasteiger partial charge in [-0.15, -0.1) is 0 Å². The minimum Gasteiger partial charge on any atom is -0.504 e. The zero-order chi connectivity index (χ0) is 14.5. The number of carbonyl (C=O) groups excluding carboxylic acids is 2. The Kier molecular flexibility index (Phi) is 4.19. The van der Waals surface area contributed by atoms with Gasteiger partial charge >= 0.3 is 11.8 Å². The number of methoxy groups -OCH3 is 1. The molecule has 1 aromatic rings. The third-order valence-electron chi connectivity index (χ3n) is 2.70. The summed E-state index contributed by atoms with van der Waals surface area (Å²) in [5.74, 6) is -1.18. The lowest BCUT2D eigenvalue weighted by Gasteiger charge is -2.03. The Morgan fingerprint density at radius 3 is 2.80 bits per heavy atom. The Labute approximate surface area is 115 Å². The molecule has 1 aliphatic rings. The minimum atomic E-state index is -0.807. The number of rotatable bonds is 4. The second-order valence-corrected chi connectivity index (χ2v) is 4.38. The van der Waals surface area contributed by atoms with Gasteiger partial charge in [-0.25, -0.2) is 5.43 Å². The summed E-state index contributed by atoms with van der Waals surface area (Å²) in [7, 11) is 1.43. The predicted octanol–water partition coefficient (Wildman–Crippen LogP) is 0.129. The molecule has 2 rings (SSSR count). The maximum atomic E-state index is 11.4. The van der Waals surface area contributed by atoms with E-state index < -0.39 is 11.8 Å². The molecule has 0 unspecified atom stereocenters. The highest BCUT2D eigenvalue weighted by Gasteiger charge is 2.26. The van der Waals surface area contributed by atoms with Gasteiger partial charge in [-0.05, 0) is 36.6 Å². The van der Waals surface area contributed by atoms with Crippen molar-refractivity contribution in [2.45, 2.75) is 18.9 Å². The molecule has 0 aliphatic heterocycles. The van der Waals surface area contributed by atoms with Gasteiger partial charge in [0.25, 0.3) is 0 Å². The predicted molar refractivity (Wildman–Crippen MR) is 71.6 cm³/mol. The number of aromatic hydroxyl groups is 1. The number of hydrazone groups is 1. The summed E-state index contributed by atoms with van der Waals surface area (Å²) < 4.78 is 4.94. The van der Waals surface area contributed by atoms with Gasteiger partial charge in [-0.1, -0.05) is 0 Å². The molecule has 106 valence electrons. The lowest BCUT2D eigenvalue weighted by atomic mass is 10.2. The van der Waals surface area contributed by atoms with E-state index in [2.05, 4.69) is 15.8 Å². The first-order chi connectivity index (χ1) is 9.60. The molecule has 0 atom stereocenters. The van der Waals surface area contributed by atoms with Crippen LogP contribution in [0.25, 0.3) is 0 Å². The number of hydrogen-bond acceptors (Lipinski definition) is 5. The van der Waals surface area contributed by atoms with Gasteiger partial charge in [0.1, 0.15) is 0 Å². The molecule has 3 N–H and O–H groups in total. The Balaban J connectivity index is 1.88. The molecule has 1 fully saturated rings. The summed E-state index contributed by atoms with van der Waals surface area (Å²) in [6, 6.07) is 4.72. The number of phenols is 1. The summed E-state index contributed by atoms with van der Waals surface area (Å²) in [6.45, 7) is 0. The van der Waals surface area contributed by atoms with Crippen LogP contribution < -0.4 is 15.5 Å². The molecule has 7 nitrogen and oxygen atoms in total. The van der Waals surface area contributed by atoms with Gasteiger partial charge in [0.05, 0.1) is 13.3 Å². The molecular weight excluding hydrogens is 262 g/mol. The molecule has 0 spiro atoms. The third-order valence-corrected chi connectivity index (χ3v) is 2.70. The molecule has 1 saturated carbocycles. The van der Waals surface area contributed by atoms with E-state index in [4.69, 9.17) is 4.74 Å².